The summed E-state index contributed by atoms with van der Waals surface area (Å²) in [5.74, 6) is 0.655. The first kappa shape index (κ1) is 31.2. The number of piperidine rings is 1. The Hall–Kier alpha value is -3.76. The summed E-state index contributed by atoms with van der Waals surface area (Å²) in [7, 11) is -8.00. The summed E-state index contributed by atoms with van der Waals surface area (Å²) in [5.41, 5.74) is 4.15. The van der Waals surface area contributed by atoms with Crippen molar-refractivity contribution in [3.8, 4) is 0 Å². The molecule has 1 saturated heterocycles. The fraction of sp³-hybridized carbons (Fsp3) is 0.278. The van der Waals surface area contributed by atoms with Crippen molar-refractivity contribution in [3.05, 3.63) is 143 Å². The summed E-state index contributed by atoms with van der Waals surface area (Å²) < 4.78 is 67.6. The molecule has 0 N–H and O–H groups in total. The Kier molecular flexibility index (Phi) is 8.72. The maximum absolute atomic E-state index is 14.7. The molecule has 0 saturated carbocycles. The van der Waals surface area contributed by atoms with Crippen molar-refractivity contribution < 1.29 is 21.6 Å². The molecule has 0 spiro atoms. The van der Waals surface area contributed by atoms with Gasteiger partial charge in [0.2, 0.25) is 20.0 Å². The van der Waals surface area contributed by atoms with Crippen molar-refractivity contribution in [2.75, 3.05) is 13.2 Å². The summed E-state index contributed by atoms with van der Waals surface area (Å²) in [6.07, 6.45) is 0.526. The predicted octanol–water partition coefficient (Wildman–Crippen LogP) is 6.93. The van der Waals surface area contributed by atoms with Crippen molar-refractivity contribution in [2.45, 2.75) is 61.5 Å². The van der Waals surface area contributed by atoms with Crippen molar-refractivity contribution in [1.29, 1.82) is 0 Å². The highest BCUT2D eigenvalue weighted by atomic mass is 32.2. The molecule has 6 rings (SSSR count). The second-order valence-corrected chi connectivity index (χ2v) is 15.4. The summed E-state index contributed by atoms with van der Waals surface area (Å²) in [6, 6.07) is 31.2. The fourth-order valence-corrected chi connectivity index (χ4v) is 10.1. The van der Waals surface area contributed by atoms with E-state index >= 15 is 0 Å². The Morgan fingerprint density at radius 3 is 1.89 bits per heavy atom. The normalized spacial score (nSPS) is 21.4. The lowest BCUT2D eigenvalue weighted by atomic mass is 9.84. The molecule has 2 aliphatic rings. The molecule has 0 aromatic heterocycles. The quantitative estimate of drug-likeness (QED) is 0.208. The van der Waals surface area contributed by atoms with E-state index in [4.69, 9.17) is 4.74 Å². The lowest BCUT2D eigenvalue weighted by Crippen LogP contribution is -2.54. The number of sulfonamides is 2. The Bertz CT molecular complexity index is 1910. The molecule has 3 atom stereocenters. The van der Waals surface area contributed by atoms with Gasteiger partial charge in [-0.2, -0.15) is 8.61 Å². The monoisotopic (exact) mass is 642 g/mol. The van der Waals surface area contributed by atoms with Crippen molar-refractivity contribution in [2.24, 2.45) is 0 Å². The summed E-state index contributed by atoms with van der Waals surface area (Å²) >= 11 is 0. The molecule has 2 heterocycles. The number of nitrogens with zero attached hydrogens (tertiary/aromatic N) is 2. The predicted molar refractivity (Wildman–Crippen MR) is 175 cm³/mol. The molecule has 4 aromatic carbocycles. The molecule has 0 amide bonds. The standard InChI is InChI=1S/C36H38N2O5S2/c1-4-43-36-24-34(29-15-9-6-10-16-29)38(45(41,42)31-17-11-12-27(3)22-31)35-23-33(28-13-7-5-8-14-28)37(25-32(35)36)44(39,40)30-20-18-26(2)19-21-30/h5-22,33-35H,4,23-25H2,1-3H3/t33?,34?,35-/m0/s1. The van der Waals surface area contributed by atoms with Crippen LogP contribution in [0.4, 0.5) is 0 Å². The van der Waals surface area contributed by atoms with Gasteiger partial charge in [-0.25, -0.2) is 16.8 Å². The van der Waals surface area contributed by atoms with Crippen LogP contribution in [0.5, 0.6) is 0 Å². The average molecular weight is 643 g/mol. The highest BCUT2D eigenvalue weighted by Gasteiger charge is 2.51. The van der Waals surface area contributed by atoms with Crippen LogP contribution >= 0.6 is 0 Å². The molecular weight excluding hydrogens is 605 g/mol. The largest absolute Gasteiger partial charge is 0.498 e. The first-order valence-corrected chi connectivity index (χ1v) is 18.1. The first-order chi connectivity index (χ1) is 21.6. The van der Waals surface area contributed by atoms with Gasteiger partial charge in [0.15, 0.2) is 0 Å². The van der Waals surface area contributed by atoms with Crippen LogP contribution < -0.4 is 0 Å². The minimum Gasteiger partial charge on any atom is -0.498 e. The van der Waals surface area contributed by atoms with Crippen LogP contribution in [0.25, 0.3) is 0 Å². The molecule has 45 heavy (non-hydrogen) atoms. The fourth-order valence-electron chi connectivity index (χ4n) is 6.57. The van der Waals surface area contributed by atoms with E-state index in [1.54, 1.807) is 46.8 Å². The number of hydrogen-bond acceptors (Lipinski definition) is 5. The summed E-state index contributed by atoms with van der Waals surface area (Å²) in [4.78, 5) is 0.418. The van der Waals surface area contributed by atoms with E-state index < -0.39 is 38.2 Å². The molecular formula is C36H38N2O5S2. The van der Waals surface area contributed by atoms with Crippen LogP contribution in [0, 0.1) is 13.8 Å². The van der Waals surface area contributed by atoms with Gasteiger partial charge >= 0.3 is 0 Å². The zero-order chi connectivity index (χ0) is 31.8. The Labute approximate surface area is 266 Å². The molecule has 2 unspecified atom stereocenters. The molecule has 2 aliphatic heterocycles. The van der Waals surface area contributed by atoms with Crippen LogP contribution in [0.3, 0.4) is 0 Å². The van der Waals surface area contributed by atoms with Gasteiger partial charge in [0, 0.05) is 18.5 Å². The van der Waals surface area contributed by atoms with E-state index in [2.05, 4.69) is 0 Å². The SMILES string of the molecule is CCOC1=C2CN(S(=O)(=O)c3ccc(C)cc3)C(c3ccccc3)C[C@@H]2N(S(=O)(=O)c2cccc(C)c2)C(c2ccccc2)C1. The number of hydrogen-bond donors (Lipinski definition) is 0. The third kappa shape index (κ3) is 5.97. The number of rotatable bonds is 8. The molecule has 9 heteroatoms. The second kappa shape index (κ2) is 12.6. The minimum atomic E-state index is -4.03. The third-order valence-corrected chi connectivity index (χ3v) is 12.5. The topological polar surface area (TPSA) is 84.0 Å². The molecule has 0 aliphatic carbocycles. The summed E-state index contributed by atoms with van der Waals surface area (Å²) in [5, 5.41) is 0. The molecule has 0 bridgehead atoms. The maximum atomic E-state index is 14.7. The van der Waals surface area contributed by atoms with E-state index in [-0.39, 0.29) is 22.8 Å². The van der Waals surface area contributed by atoms with Gasteiger partial charge in [0.25, 0.3) is 0 Å². The van der Waals surface area contributed by atoms with Gasteiger partial charge in [-0.3, -0.25) is 0 Å². The van der Waals surface area contributed by atoms with Crippen LogP contribution in [0.15, 0.2) is 130 Å². The lowest BCUT2D eigenvalue weighted by Gasteiger charge is -2.49. The lowest BCUT2D eigenvalue weighted by molar-refractivity contribution is 0.118. The van der Waals surface area contributed by atoms with Gasteiger partial charge in [0.1, 0.15) is 0 Å². The smallest absolute Gasteiger partial charge is 0.244 e. The van der Waals surface area contributed by atoms with E-state index in [9.17, 15) is 16.8 Å². The Morgan fingerprint density at radius 1 is 0.667 bits per heavy atom. The highest BCUT2D eigenvalue weighted by molar-refractivity contribution is 7.89. The van der Waals surface area contributed by atoms with Crippen LogP contribution in [0.1, 0.15) is 54.1 Å². The maximum Gasteiger partial charge on any atom is 0.244 e. The average Bonchev–Trinajstić information content (AvgIpc) is 3.05. The van der Waals surface area contributed by atoms with E-state index in [1.807, 2.05) is 87.5 Å². The number of aryl methyl sites for hydroxylation is 2. The van der Waals surface area contributed by atoms with Crippen LogP contribution in [0.2, 0.25) is 0 Å². The third-order valence-electron chi connectivity index (χ3n) is 8.75. The van der Waals surface area contributed by atoms with Gasteiger partial charge < -0.3 is 4.74 Å². The van der Waals surface area contributed by atoms with Crippen LogP contribution in [-0.4, -0.2) is 44.6 Å². The second-order valence-electron chi connectivity index (χ2n) is 11.7. The van der Waals surface area contributed by atoms with Gasteiger partial charge in [-0.1, -0.05) is 90.5 Å². The van der Waals surface area contributed by atoms with E-state index in [1.165, 1.54) is 4.31 Å². The molecule has 0 radical (unpaired) electrons. The van der Waals surface area contributed by atoms with Gasteiger partial charge in [-0.05, 0) is 68.1 Å². The first-order valence-electron chi connectivity index (χ1n) is 15.2. The van der Waals surface area contributed by atoms with Gasteiger partial charge in [0.05, 0.1) is 40.3 Å². The van der Waals surface area contributed by atoms with Crippen molar-refractivity contribution >= 4 is 20.0 Å². The van der Waals surface area contributed by atoms with E-state index in [0.717, 1.165) is 22.3 Å². The Morgan fingerprint density at radius 2 is 1.29 bits per heavy atom. The zero-order valence-electron chi connectivity index (χ0n) is 25.7. The van der Waals surface area contributed by atoms with Crippen LogP contribution in [-0.2, 0) is 24.8 Å². The summed E-state index contributed by atoms with van der Waals surface area (Å²) in [6.45, 7) is 6.08. The zero-order valence-corrected chi connectivity index (χ0v) is 27.3. The molecule has 1 fully saturated rings. The van der Waals surface area contributed by atoms with Gasteiger partial charge in [-0.15, -0.1) is 0 Å². The Balaban J connectivity index is 1.56. The number of fused-ring (bicyclic) bond motifs is 1. The highest BCUT2D eigenvalue weighted by Crippen LogP contribution is 2.49. The molecule has 7 nitrogen and oxygen atoms in total. The van der Waals surface area contributed by atoms with E-state index in [0.29, 0.717) is 24.4 Å². The number of ether oxygens (including phenoxy) is 1. The molecule has 234 valence electrons. The number of benzene rings is 4. The molecule has 4 aromatic rings. The minimum absolute atomic E-state index is 0.0110. The van der Waals surface area contributed by atoms with Crippen molar-refractivity contribution in [1.82, 2.24) is 8.61 Å². The van der Waals surface area contributed by atoms with Crippen molar-refractivity contribution in [3.63, 3.8) is 0 Å².